The number of aromatic amines is 1. The number of H-pyrrole nitrogens is 1. The Hall–Kier alpha value is -3.92. The number of imidazole rings is 2. The van der Waals surface area contributed by atoms with E-state index in [0.717, 1.165) is 5.56 Å². The van der Waals surface area contributed by atoms with E-state index in [1.165, 1.54) is 6.07 Å². The number of carbonyl (C=O) groups excluding carboxylic acids is 1. The number of aliphatic hydroxyl groups excluding tert-OH is 1. The minimum Gasteiger partial charge on any atom is -0.375 e. The van der Waals surface area contributed by atoms with Gasteiger partial charge >= 0.3 is 0 Å². The first-order valence-electron chi connectivity index (χ1n) is 11.1. The normalized spacial score (nSPS) is 15.5. The van der Waals surface area contributed by atoms with Gasteiger partial charge < -0.3 is 29.8 Å². The van der Waals surface area contributed by atoms with Gasteiger partial charge in [0.25, 0.3) is 5.91 Å². The molecule has 0 fully saturated rings. The summed E-state index contributed by atoms with van der Waals surface area (Å²) in [6.07, 6.45) is -0.842. The molecule has 2 aromatic heterocycles. The van der Waals surface area contributed by atoms with Crippen molar-refractivity contribution in [1.82, 2.24) is 24.8 Å². The third kappa shape index (κ3) is 3.75. The van der Waals surface area contributed by atoms with Crippen LogP contribution in [0.25, 0.3) is 11.0 Å². The molecule has 3 N–H and O–H groups in total. The molecule has 34 heavy (non-hydrogen) atoms. The van der Waals surface area contributed by atoms with E-state index in [2.05, 4.69) is 15.3 Å². The summed E-state index contributed by atoms with van der Waals surface area (Å²) in [5.74, 6) is 0.929. The average Bonchev–Trinajstić information content (AvgIpc) is 3.34. The number of aliphatic hydroxyl groups is 1. The second-order valence-electron chi connectivity index (χ2n) is 8.48. The molecular weight excluding hydrogens is 437 g/mol. The van der Waals surface area contributed by atoms with Crippen molar-refractivity contribution < 1.29 is 14.3 Å². The standard InChI is InChI=1S/C24H26FN7O2/c1-4-31-22-21(23(33)29-24(31)34)32(13-14-8-6-5-7-9-14)20(28-22)12-19-26-16-10-15(25)18(30(2)3)11-17(16)27-19/h5-11,24,34H,4,12-13H2,1-3H3,(H,26,27)(H,29,33). The van der Waals surface area contributed by atoms with Crippen molar-refractivity contribution >= 4 is 28.4 Å². The van der Waals surface area contributed by atoms with Crippen molar-refractivity contribution in [2.24, 2.45) is 0 Å². The lowest BCUT2D eigenvalue weighted by Crippen LogP contribution is -2.53. The van der Waals surface area contributed by atoms with Crippen LogP contribution in [0.15, 0.2) is 42.5 Å². The van der Waals surface area contributed by atoms with E-state index in [0.29, 0.717) is 59.4 Å². The van der Waals surface area contributed by atoms with E-state index in [-0.39, 0.29) is 11.7 Å². The van der Waals surface area contributed by atoms with Crippen LogP contribution in [-0.2, 0) is 13.0 Å². The van der Waals surface area contributed by atoms with Crippen LogP contribution < -0.4 is 15.1 Å². The maximum absolute atomic E-state index is 14.4. The number of halogens is 1. The van der Waals surface area contributed by atoms with Crippen LogP contribution in [-0.4, -0.2) is 57.5 Å². The molecular formula is C24H26FN7O2. The summed E-state index contributed by atoms with van der Waals surface area (Å²) in [6.45, 7) is 2.78. The molecule has 0 bridgehead atoms. The largest absolute Gasteiger partial charge is 0.375 e. The Morgan fingerprint density at radius 1 is 1.18 bits per heavy atom. The molecule has 5 rings (SSSR count). The van der Waals surface area contributed by atoms with Crippen LogP contribution in [0.3, 0.4) is 0 Å². The first-order valence-corrected chi connectivity index (χ1v) is 11.1. The van der Waals surface area contributed by atoms with Gasteiger partial charge in [-0.15, -0.1) is 0 Å². The summed E-state index contributed by atoms with van der Waals surface area (Å²) in [7, 11) is 3.56. The minimum atomic E-state index is -1.14. The number of nitrogens with zero attached hydrogens (tertiary/aromatic N) is 5. The van der Waals surface area contributed by atoms with Gasteiger partial charge in [0.1, 0.15) is 17.5 Å². The van der Waals surface area contributed by atoms with Crippen molar-refractivity contribution in [3.63, 3.8) is 0 Å². The number of anilines is 2. The molecule has 2 aromatic carbocycles. The Bertz CT molecular complexity index is 1360. The van der Waals surface area contributed by atoms with Crippen LogP contribution in [0, 0.1) is 5.82 Å². The number of hydrogen-bond donors (Lipinski definition) is 3. The molecule has 1 amide bonds. The van der Waals surface area contributed by atoms with Gasteiger partial charge in [-0.25, -0.2) is 14.4 Å². The number of aromatic nitrogens is 4. The van der Waals surface area contributed by atoms with Crippen LogP contribution in [0.1, 0.15) is 34.6 Å². The molecule has 1 unspecified atom stereocenters. The number of carbonyl (C=O) groups is 1. The van der Waals surface area contributed by atoms with Crippen molar-refractivity contribution in [3.05, 3.63) is 71.2 Å². The van der Waals surface area contributed by atoms with Gasteiger partial charge in [-0.2, -0.15) is 0 Å². The summed E-state index contributed by atoms with van der Waals surface area (Å²) in [5.41, 5.74) is 3.09. The van der Waals surface area contributed by atoms with E-state index in [1.54, 1.807) is 30.0 Å². The molecule has 0 spiro atoms. The maximum Gasteiger partial charge on any atom is 0.275 e. The Balaban J connectivity index is 1.59. The molecule has 176 valence electrons. The predicted octanol–water partition coefficient (Wildman–Crippen LogP) is 2.45. The highest BCUT2D eigenvalue weighted by atomic mass is 19.1. The van der Waals surface area contributed by atoms with Gasteiger partial charge in [0.2, 0.25) is 6.35 Å². The Morgan fingerprint density at radius 3 is 2.65 bits per heavy atom. The molecule has 1 atom stereocenters. The highest BCUT2D eigenvalue weighted by molar-refractivity contribution is 5.99. The van der Waals surface area contributed by atoms with Crippen LogP contribution in [0.4, 0.5) is 15.9 Å². The number of nitrogens with one attached hydrogen (secondary N) is 2. The van der Waals surface area contributed by atoms with E-state index in [9.17, 15) is 14.3 Å². The van der Waals surface area contributed by atoms with Crippen molar-refractivity contribution in [1.29, 1.82) is 0 Å². The lowest BCUT2D eigenvalue weighted by atomic mass is 10.2. The zero-order valence-electron chi connectivity index (χ0n) is 19.2. The second-order valence-corrected chi connectivity index (χ2v) is 8.48. The van der Waals surface area contributed by atoms with E-state index in [4.69, 9.17) is 4.98 Å². The minimum absolute atomic E-state index is 0.300. The number of fused-ring (bicyclic) bond motifs is 2. The molecule has 0 radical (unpaired) electrons. The van der Waals surface area contributed by atoms with E-state index >= 15 is 0 Å². The van der Waals surface area contributed by atoms with Crippen molar-refractivity contribution in [3.8, 4) is 0 Å². The fourth-order valence-corrected chi connectivity index (χ4v) is 4.33. The third-order valence-electron chi connectivity index (χ3n) is 6.00. The van der Waals surface area contributed by atoms with Gasteiger partial charge in [0, 0.05) is 33.3 Å². The first kappa shape index (κ1) is 21.9. The van der Waals surface area contributed by atoms with Gasteiger partial charge in [0.15, 0.2) is 11.5 Å². The topological polar surface area (TPSA) is 102 Å². The lowest BCUT2D eigenvalue weighted by Gasteiger charge is -2.32. The Morgan fingerprint density at radius 2 is 1.94 bits per heavy atom. The number of rotatable bonds is 6. The summed E-state index contributed by atoms with van der Waals surface area (Å²) in [5, 5.41) is 12.9. The summed E-state index contributed by atoms with van der Waals surface area (Å²) in [4.78, 5) is 28.8. The SMILES string of the molecule is CCN1c2nc(Cc3nc4cc(N(C)C)c(F)cc4[nH]3)n(Cc3ccccc3)c2C(=O)NC1O. The van der Waals surface area contributed by atoms with Gasteiger partial charge in [-0.1, -0.05) is 30.3 Å². The molecule has 0 saturated heterocycles. The maximum atomic E-state index is 14.4. The fraction of sp³-hybridized carbons (Fsp3) is 0.292. The zero-order valence-corrected chi connectivity index (χ0v) is 19.2. The van der Waals surface area contributed by atoms with Crippen LogP contribution in [0.2, 0.25) is 0 Å². The quantitative estimate of drug-likeness (QED) is 0.406. The summed E-state index contributed by atoms with van der Waals surface area (Å²) in [6, 6.07) is 12.9. The van der Waals surface area contributed by atoms with Gasteiger partial charge in [-0.05, 0) is 18.6 Å². The summed E-state index contributed by atoms with van der Waals surface area (Å²) >= 11 is 0. The number of hydrogen-bond acceptors (Lipinski definition) is 6. The summed E-state index contributed by atoms with van der Waals surface area (Å²) < 4.78 is 16.3. The Labute approximate surface area is 195 Å². The molecule has 3 heterocycles. The molecule has 0 aliphatic carbocycles. The van der Waals surface area contributed by atoms with Crippen molar-refractivity contribution in [2.75, 3.05) is 30.4 Å². The van der Waals surface area contributed by atoms with Gasteiger partial charge in [0.05, 0.1) is 23.1 Å². The second kappa shape index (κ2) is 8.45. The lowest BCUT2D eigenvalue weighted by molar-refractivity contribution is 0.0735. The van der Waals surface area contributed by atoms with Crippen LogP contribution >= 0.6 is 0 Å². The highest BCUT2D eigenvalue weighted by Gasteiger charge is 2.35. The van der Waals surface area contributed by atoms with E-state index in [1.807, 2.05) is 41.8 Å². The molecule has 1 aliphatic rings. The van der Waals surface area contributed by atoms with Crippen molar-refractivity contribution in [2.45, 2.75) is 26.2 Å². The smallest absolute Gasteiger partial charge is 0.275 e. The fourth-order valence-electron chi connectivity index (χ4n) is 4.33. The number of amides is 1. The highest BCUT2D eigenvalue weighted by Crippen LogP contribution is 2.29. The predicted molar refractivity (Wildman–Crippen MR) is 127 cm³/mol. The third-order valence-corrected chi connectivity index (χ3v) is 6.00. The van der Waals surface area contributed by atoms with E-state index < -0.39 is 6.35 Å². The average molecular weight is 464 g/mol. The molecule has 9 nitrogen and oxygen atoms in total. The Kier molecular flexibility index (Phi) is 5.45. The zero-order chi connectivity index (χ0) is 24.0. The molecule has 0 saturated carbocycles. The first-order chi connectivity index (χ1) is 16.4. The molecule has 1 aliphatic heterocycles. The van der Waals surface area contributed by atoms with Crippen LogP contribution in [0.5, 0.6) is 0 Å². The van der Waals surface area contributed by atoms with Gasteiger partial charge in [-0.3, -0.25) is 4.79 Å². The monoisotopic (exact) mass is 463 g/mol. The number of benzene rings is 2. The molecule has 10 heteroatoms. The molecule has 4 aromatic rings.